The molecule has 39 heavy (non-hydrogen) atoms. The number of aryl methyl sites for hydroxylation is 2. The Kier molecular flexibility index (Phi) is 6.82. The molecule has 5 heterocycles. The zero-order valence-electron chi connectivity index (χ0n) is 22.3. The molecule has 4 aromatic rings. The molecular formula is C28H33N9O2. The van der Waals surface area contributed by atoms with Gasteiger partial charge >= 0.3 is 0 Å². The van der Waals surface area contributed by atoms with Gasteiger partial charge in [-0.1, -0.05) is 25.7 Å². The first-order chi connectivity index (χ1) is 18.9. The molecule has 2 N–H and O–H groups in total. The van der Waals surface area contributed by atoms with Gasteiger partial charge < -0.3 is 10.6 Å². The molecule has 1 saturated heterocycles. The van der Waals surface area contributed by atoms with E-state index in [0.717, 1.165) is 18.7 Å². The Balaban J connectivity index is 1.10. The Bertz CT molecular complexity index is 1510. The van der Waals surface area contributed by atoms with Crippen LogP contribution in [0.4, 0.5) is 11.4 Å². The average molecular weight is 528 g/mol. The molecule has 11 heteroatoms. The Hall–Kier alpha value is -4.12. The van der Waals surface area contributed by atoms with Gasteiger partial charge in [0, 0.05) is 37.9 Å². The Morgan fingerprint density at radius 3 is 2.46 bits per heavy atom. The van der Waals surface area contributed by atoms with Crippen molar-refractivity contribution >= 4 is 28.7 Å². The number of amides is 2. The highest BCUT2D eigenvalue weighted by Crippen LogP contribution is 2.29. The summed E-state index contributed by atoms with van der Waals surface area (Å²) in [6, 6.07) is 2.38. The van der Waals surface area contributed by atoms with Crippen LogP contribution in [0, 0.1) is 12.8 Å². The fraction of sp³-hybridized carbons (Fsp3) is 0.429. The predicted molar refractivity (Wildman–Crippen MR) is 147 cm³/mol. The first kappa shape index (κ1) is 25.2. The second kappa shape index (κ2) is 10.6. The minimum absolute atomic E-state index is 0.000856. The SMILES string of the molecule is Cc1ncc(NC(=O)C2CN(C3CCCCCC3)C2)cc1NC(=O)c1cnn2cc(-c3cnn(C)c3)ncc12. The van der Waals surface area contributed by atoms with Crippen molar-refractivity contribution in [1.29, 1.82) is 0 Å². The number of pyridine rings is 1. The number of carbonyl (C=O) groups is 2. The number of carbonyl (C=O) groups excluding carboxylic acids is 2. The molecule has 0 radical (unpaired) electrons. The predicted octanol–water partition coefficient (Wildman–Crippen LogP) is 3.68. The summed E-state index contributed by atoms with van der Waals surface area (Å²) in [6.45, 7) is 3.44. The lowest BCUT2D eigenvalue weighted by Crippen LogP contribution is -2.55. The molecule has 6 rings (SSSR count). The largest absolute Gasteiger partial charge is 0.324 e. The van der Waals surface area contributed by atoms with Crippen LogP contribution in [0.2, 0.25) is 0 Å². The third-order valence-corrected chi connectivity index (χ3v) is 7.87. The number of likely N-dealkylation sites (tertiary alicyclic amines) is 1. The zero-order valence-corrected chi connectivity index (χ0v) is 22.3. The molecule has 0 unspecified atom stereocenters. The standard InChI is InChI=1S/C28H33N9O2/c1-18-24(9-21(11-29-18)33-27(38)20-15-36(16-20)22-7-5-3-4-6-8-22)34-28(39)23-12-32-37-17-25(30-13-26(23)37)19-10-31-35(2)14-19/h9-14,17,20,22H,3-8,15-16H2,1-2H3,(H,33,38)(H,34,39). The number of rotatable bonds is 6. The molecule has 11 nitrogen and oxygen atoms in total. The van der Waals surface area contributed by atoms with Crippen molar-refractivity contribution in [2.75, 3.05) is 23.7 Å². The number of nitrogens with one attached hydrogen (secondary N) is 2. The minimum Gasteiger partial charge on any atom is -0.324 e. The van der Waals surface area contributed by atoms with Gasteiger partial charge in [-0.25, -0.2) is 4.52 Å². The molecule has 2 fully saturated rings. The van der Waals surface area contributed by atoms with Crippen LogP contribution in [0.3, 0.4) is 0 Å². The summed E-state index contributed by atoms with van der Waals surface area (Å²) in [5.74, 6) is -0.344. The molecule has 0 bridgehead atoms. The lowest BCUT2D eigenvalue weighted by atomic mass is 9.94. The fourth-order valence-electron chi connectivity index (χ4n) is 5.52. The maximum absolute atomic E-state index is 13.2. The van der Waals surface area contributed by atoms with E-state index in [1.165, 1.54) is 44.7 Å². The van der Waals surface area contributed by atoms with Crippen LogP contribution >= 0.6 is 0 Å². The van der Waals surface area contributed by atoms with Crippen molar-refractivity contribution in [2.24, 2.45) is 13.0 Å². The molecule has 1 aliphatic heterocycles. The Labute approximate surface area is 226 Å². The first-order valence-electron chi connectivity index (χ1n) is 13.6. The van der Waals surface area contributed by atoms with Gasteiger partial charge in [0.15, 0.2) is 0 Å². The molecule has 1 aliphatic carbocycles. The van der Waals surface area contributed by atoms with Crippen LogP contribution in [-0.2, 0) is 11.8 Å². The molecule has 0 spiro atoms. The van der Waals surface area contributed by atoms with Crippen LogP contribution in [0.1, 0.15) is 54.6 Å². The lowest BCUT2D eigenvalue weighted by Gasteiger charge is -2.43. The van der Waals surface area contributed by atoms with E-state index in [4.69, 9.17) is 0 Å². The van der Waals surface area contributed by atoms with Crippen molar-refractivity contribution in [2.45, 2.75) is 51.5 Å². The topological polar surface area (TPSA) is 122 Å². The monoisotopic (exact) mass is 527 g/mol. The van der Waals surface area contributed by atoms with E-state index in [0.29, 0.717) is 39.9 Å². The number of hydrogen-bond donors (Lipinski definition) is 2. The zero-order chi connectivity index (χ0) is 26.9. The number of nitrogens with zero attached hydrogens (tertiary/aromatic N) is 7. The van der Waals surface area contributed by atoms with E-state index >= 15 is 0 Å². The number of anilines is 2. The van der Waals surface area contributed by atoms with Crippen LogP contribution in [0.5, 0.6) is 0 Å². The van der Waals surface area contributed by atoms with Gasteiger partial charge in [-0.2, -0.15) is 10.2 Å². The molecule has 1 saturated carbocycles. The van der Waals surface area contributed by atoms with Crippen LogP contribution in [-0.4, -0.2) is 65.2 Å². The van der Waals surface area contributed by atoms with Gasteiger partial charge in [0.25, 0.3) is 5.91 Å². The number of aromatic nitrogens is 6. The van der Waals surface area contributed by atoms with E-state index in [-0.39, 0.29) is 17.7 Å². The first-order valence-corrected chi connectivity index (χ1v) is 13.6. The smallest absolute Gasteiger partial charge is 0.259 e. The van der Waals surface area contributed by atoms with Gasteiger partial charge in [-0.15, -0.1) is 0 Å². The lowest BCUT2D eigenvalue weighted by molar-refractivity contribution is -0.126. The summed E-state index contributed by atoms with van der Waals surface area (Å²) >= 11 is 0. The summed E-state index contributed by atoms with van der Waals surface area (Å²) in [5, 5.41) is 14.4. The van der Waals surface area contributed by atoms with Gasteiger partial charge in [0.1, 0.15) is 0 Å². The molecule has 2 aliphatic rings. The molecular weight excluding hydrogens is 494 g/mol. The third kappa shape index (κ3) is 5.26. The Morgan fingerprint density at radius 2 is 1.72 bits per heavy atom. The van der Waals surface area contributed by atoms with Gasteiger partial charge in [0.05, 0.1) is 70.7 Å². The van der Waals surface area contributed by atoms with Crippen molar-refractivity contribution < 1.29 is 9.59 Å². The molecule has 0 atom stereocenters. The van der Waals surface area contributed by atoms with E-state index < -0.39 is 0 Å². The quantitative estimate of drug-likeness (QED) is 0.367. The summed E-state index contributed by atoms with van der Waals surface area (Å²) in [5.41, 5.74) is 4.29. The van der Waals surface area contributed by atoms with Crippen LogP contribution in [0.15, 0.2) is 43.2 Å². The third-order valence-electron chi connectivity index (χ3n) is 7.87. The van der Waals surface area contributed by atoms with Crippen LogP contribution < -0.4 is 10.6 Å². The summed E-state index contributed by atoms with van der Waals surface area (Å²) < 4.78 is 3.33. The normalized spacial score (nSPS) is 17.1. The van der Waals surface area contributed by atoms with Crippen molar-refractivity contribution in [3.05, 3.63) is 54.5 Å². The van der Waals surface area contributed by atoms with Crippen LogP contribution in [0.25, 0.3) is 16.8 Å². The second-order valence-electron chi connectivity index (χ2n) is 10.7. The summed E-state index contributed by atoms with van der Waals surface area (Å²) in [7, 11) is 1.84. The van der Waals surface area contributed by atoms with Gasteiger partial charge in [-0.3, -0.25) is 29.1 Å². The number of hydrogen-bond acceptors (Lipinski definition) is 7. The molecule has 2 amide bonds. The minimum atomic E-state index is -0.327. The van der Waals surface area contributed by atoms with E-state index in [9.17, 15) is 9.59 Å². The summed E-state index contributed by atoms with van der Waals surface area (Å²) in [6.07, 6.45) is 17.9. The van der Waals surface area contributed by atoms with E-state index in [1.54, 1.807) is 40.1 Å². The maximum atomic E-state index is 13.2. The fourth-order valence-corrected chi connectivity index (χ4v) is 5.52. The van der Waals surface area contributed by atoms with Gasteiger partial charge in [-0.05, 0) is 25.8 Å². The van der Waals surface area contributed by atoms with Crippen molar-refractivity contribution in [1.82, 2.24) is 34.3 Å². The molecule has 4 aromatic heterocycles. The van der Waals surface area contributed by atoms with Crippen molar-refractivity contribution in [3.63, 3.8) is 0 Å². The molecule has 202 valence electrons. The number of fused-ring (bicyclic) bond motifs is 1. The second-order valence-corrected chi connectivity index (χ2v) is 10.7. The van der Waals surface area contributed by atoms with E-state index in [1.807, 2.05) is 20.2 Å². The van der Waals surface area contributed by atoms with E-state index in [2.05, 4.69) is 35.7 Å². The highest BCUT2D eigenvalue weighted by Gasteiger charge is 2.36. The average Bonchev–Trinajstić information content (AvgIpc) is 3.43. The Morgan fingerprint density at radius 1 is 0.923 bits per heavy atom. The highest BCUT2D eigenvalue weighted by atomic mass is 16.2. The summed E-state index contributed by atoms with van der Waals surface area (Å²) in [4.78, 5) is 37.4. The van der Waals surface area contributed by atoms with Gasteiger partial charge in [0.2, 0.25) is 5.91 Å². The highest BCUT2D eigenvalue weighted by molar-refractivity contribution is 6.09. The molecule has 0 aromatic carbocycles. The van der Waals surface area contributed by atoms with Crippen molar-refractivity contribution in [3.8, 4) is 11.3 Å². The maximum Gasteiger partial charge on any atom is 0.259 e.